The van der Waals surface area contributed by atoms with Crippen molar-refractivity contribution in [3.63, 3.8) is 0 Å². The van der Waals surface area contributed by atoms with Crippen molar-refractivity contribution in [2.75, 3.05) is 27.2 Å². The fraction of sp³-hybridized carbons (Fsp3) is 0.238. The molecule has 28 heavy (non-hydrogen) atoms. The maximum absolute atomic E-state index is 12.3. The molecule has 0 fully saturated rings. The van der Waals surface area contributed by atoms with E-state index in [2.05, 4.69) is 14.9 Å². The van der Waals surface area contributed by atoms with Gasteiger partial charge in [0.25, 0.3) is 11.1 Å². The molecule has 2 N–H and O–H groups in total. The third-order valence-electron chi connectivity index (χ3n) is 4.08. The first kappa shape index (κ1) is 19.6. The average molecular weight is 381 g/mol. The van der Waals surface area contributed by atoms with Crippen LogP contribution in [-0.2, 0) is 11.3 Å². The van der Waals surface area contributed by atoms with Gasteiger partial charge in [0.2, 0.25) is 0 Å². The minimum absolute atomic E-state index is 0.175. The number of nitrogens with zero attached hydrogens (tertiary/aromatic N) is 1. The molecule has 0 saturated carbocycles. The largest absolute Gasteiger partial charge is 0.472 e. The van der Waals surface area contributed by atoms with Gasteiger partial charge in [0, 0.05) is 12.1 Å². The molecular weight excluding hydrogens is 358 g/mol. The predicted molar refractivity (Wildman–Crippen MR) is 107 cm³/mol. The summed E-state index contributed by atoms with van der Waals surface area (Å²) < 4.78 is 10.6. The van der Waals surface area contributed by atoms with Crippen molar-refractivity contribution >= 4 is 12.2 Å². The van der Waals surface area contributed by atoms with E-state index in [1.165, 1.54) is 12.5 Å². The SMILES string of the molecule is CN(C)CCOCc1ccc(C=c2[nH]c(=O)c(=Cc3ccoc3)[nH]c2=O)cc1. The molecule has 0 radical (unpaired) electrons. The molecule has 1 aromatic carbocycles. The van der Waals surface area contributed by atoms with Crippen LogP contribution in [0.25, 0.3) is 12.2 Å². The quantitative estimate of drug-likeness (QED) is 0.578. The molecule has 0 aliphatic carbocycles. The summed E-state index contributed by atoms with van der Waals surface area (Å²) in [6.45, 7) is 2.07. The van der Waals surface area contributed by atoms with E-state index in [9.17, 15) is 9.59 Å². The summed E-state index contributed by atoms with van der Waals surface area (Å²) in [5, 5.41) is 0.373. The van der Waals surface area contributed by atoms with Crippen LogP contribution in [0.5, 0.6) is 0 Å². The summed E-state index contributed by atoms with van der Waals surface area (Å²) in [4.78, 5) is 31.8. The molecule has 7 heteroatoms. The van der Waals surface area contributed by atoms with Crippen molar-refractivity contribution in [3.8, 4) is 0 Å². The lowest BCUT2D eigenvalue weighted by Crippen LogP contribution is -2.46. The van der Waals surface area contributed by atoms with Crippen LogP contribution < -0.4 is 21.8 Å². The third-order valence-corrected chi connectivity index (χ3v) is 4.08. The third kappa shape index (κ3) is 5.42. The number of hydrogen-bond acceptors (Lipinski definition) is 5. The summed E-state index contributed by atoms with van der Waals surface area (Å²) in [7, 11) is 4.00. The lowest BCUT2D eigenvalue weighted by atomic mass is 10.1. The number of aromatic amines is 2. The molecule has 2 heterocycles. The van der Waals surface area contributed by atoms with Gasteiger partial charge in [-0.3, -0.25) is 9.59 Å². The standard InChI is InChI=1S/C21H23N3O4/c1-24(2)8-10-28-13-16-5-3-15(4-6-16)11-18-20(25)23-19(21(26)22-18)12-17-7-9-27-14-17/h3-7,9,11-12,14H,8,10,13H2,1-2H3,(H,22,26)(H,23,25). The van der Waals surface area contributed by atoms with E-state index in [0.717, 1.165) is 17.7 Å². The Morgan fingerprint density at radius 3 is 2.18 bits per heavy atom. The molecule has 3 rings (SSSR count). The number of nitrogens with one attached hydrogen (secondary N) is 2. The molecule has 3 aromatic rings. The fourth-order valence-corrected chi connectivity index (χ4v) is 2.53. The number of ether oxygens (including phenoxy) is 1. The highest BCUT2D eigenvalue weighted by Gasteiger charge is 1.99. The van der Waals surface area contributed by atoms with Crippen LogP contribution in [0.15, 0.2) is 56.9 Å². The van der Waals surface area contributed by atoms with Crippen LogP contribution in [0.4, 0.5) is 0 Å². The maximum Gasteiger partial charge on any atom is 0.272 e. The Balaban J connectivity index is 1.77. The molecule has 0 atom stereocenters. The summed E-state index contributed by atoms with van der Waals surface area (Å²) in [5.74, 6) is 0. The van der Waals surface area contributed by atoms with E-state index in [-0.39, 0.29) is 21.8 Å². The van der Waals surface area contributed by atoms with Gasteiger partial charge in [-0.15, -0.1) is 0 Å². The Morgan fingerprint density at radius 2 is 1.61 bits per heavy atom. The molecule has 0 bridgehead atoms. The van der Waals surface area contributed by atoms with E-state index in [4.69, 9.17) is 9.15 Å². The lowest BCUT2D eigenvalue weighted by Gasteiger charge is -2.09. The van der Waals surface area contributed by atoms with Crippen molar-refractivity contribution in [1.82, 2.24) is 14.9 Å². The first-order valence-corrected chi connectivity index (χ1v) is 8.91. The molecule has 0 amide bonds. The van der Waals surface area contributed by atoms with Crippen molar-refractivity contribution in [2.45, 2.75) is 6.61 Å². The first-order chi connectivity index (χ1) is 13.5. The summed E-state index contributed by atoms with van der Waals surface area (Å²) in [5.41, 5.74) is 1.80. The number of likely N-dealkylation sites (N-methyl/N-ethyl adjacent to an activating group) is 1. The van der Waals surface area contributed by atoms with E-state index in [0.29, 0.717) is 18.8 Å². The monoisotopic (exact) mass is 381 g/mol. The molecule has 0 saturated heterocycles. The Hall–Kier alpha value is -3.16. The zero-order chi connectivity index (χ0) is 19.9. The van der Waals surface area contributed by atoms with E-state index < -0.39 is 0 Å². The Labute approximate surface area is 161 Å². The van der Waals surface area contributed by atoms with Crippen LogP contribution in [0.1, 0.15) is 16.7 Å². The van der Waals surface area contributed by atoms with Crippen molar-refractivity contribution in [2.24, 2.45) is 0 Å². The maximum atomic E-state index is 12.3. The number of hydrogen-bond donors (Lipinski definition) is 2. The molecule has 0 unspecified atom stereocenters. The normalized spacial score (nSPS) is 12.8. The number of rotatable bonds is 7. The lowest BCUT2D eigenvalue weighted by molar-refractivity contribution is 0.105. The number of H-pyrrole nitrogens is 2. The van der Waals surface area contributed by atoms with Crippen LogP contribution in [0.2, 0.25) is 0 Å². The van der Waals surface area contributed by atoms with Crippen molar-refractivity contribution in [3.05, 3.63) is 91.0 Å². The van der Waals surface area contributed by atoms with Gasteiger partial charge >= 0.3 is 0 Å². The van der Waals surface area contributed by atoms with Crippen LogP contribution in [-0.4, -0.2) is 42.1 Å². The van der Waals surface area contributed by atoms with Gasteiger partial charge < -0.3 is 24.0 Å². The van der Waals surface area contributed by atoms with Crippen LogP contribution >= 0.6 is 0 Å². The minimum atomic E-state index is -0.377. The number of benzene rings is 1. The van der Waals surface area contributed by atoms with Gasteiger partial charge in [-0.25, -0.2) is 0 Å². The van der Waals surface area contributed by atoms with Crippen LogP contribution in [0.3, 0.4) is 0 Å². The first-order valence-electron chi connectivity index (χ1n) is 8.91. The zero-order valence-corrected chi connectivity index (χ0v) is 15.9. The summed E-state index contributed by atoms with van der Waals surface area (Å²) >= 11 is 0. The topological polar surface area (TPSA) is 91.3 Å². The second-order valence-corrected chi connectivity index (χ2v) is 6.68. The summed E-state index contributed by atoms with van der Waals surface area (Å²) in [6, 6.07) is 9.34. The minimum Gasteiger partial charge on any atom is -0.472 e. The molecular formula is C21H23N3O4. The second kappa shape index (κ2) is 9.16. The van der Waals surface area contributed by atoms with Gasteiger partial charge in [0.15, 0.2) is 0 Å². The zero-order valence-electron chi connectivity index (χ0n) is 15.9. The number of aromatic nitrogens is 2. The van der Waals surface area contributed by atoms with Gasteiger partial charge in [-0.05, 0) is 43.4 Å². The molecule has 7 nitrogen and oxygen atoms in total. The Bertz CT molecular complexity index is 1120. The van der Waals surface area contributed by atoms with Gasteiger partial charge in [-0.1, -0.05) is 24.3 Å². The van der Waals surface area contributed by atoms with Gasteiger partial charge in [-0.2, -0.15) is 0 Å². The fourth-order valence-electron chi connectivity index (χ4n) is 2.53. The van der Waals surface area contributed by atoms with E-state index in [1.54, 1.807) is 18.2 Å². The molecule has 0 aliphatic heterocycles. The van der Waals surface area contributed by atoms with E-state index >= 15 is 0 Å². The molecule has 146 valence electrons. The van der Waals surface area contributed by atoms with E-state index in [1.807, 2.05) is 38.4 Å². The number of furan rings is 1. The molecule has 0 spiro atoms. The van der Waals surface area contributed by atoms with Crippen molar-refractivity contribution < 1.29 is 9.15 Å². The van der Waals surface area contributed by atoms with Crippen LogP contribution in [0, 0.1) is 0 Å². The summed E-state index contributed by atoms with van der Waals surface area (Å²) in [6.07, 6.45) is 6.18. The molecule has 2 aromatic heterocycles. The smallest absolute Gasteiger partial charge is 0.272 e. The van der Waals surface area contributed by atoms with Gasteiger partial charge in [0.05, 0.1) is 25.7 Å². The second-order valence-electron chi connectivity index (χ2n) is 6.68. The highest BCUT2D eigenvalue weighted by atomic mass is 16.5. The van der Waals surface area contributed by atoms with Crippen molar-refractivity contribution in [1.29, 1.82) is 0 Å². The molecule has 0 aliphatic rings. The predicted octanol–water partition coefficient (Wildman–Crippen LogP) is 0.392. The average Bonchev–Trinajstić information content (AvgIpc) is 3.17. The highest BCUT2D eigenvalue weighted by Crippen LogP contribution is 2.06. The Kier molecular flexibility index (Phi) is 6.41. The Morgan fingerprint density at radius 1 is 0.964 bits per heavy atom. The van der Waals surface area contributed by atoms with Gasteiger partial charge in [0.1, 0.15) is 10.7 Å². The highest BCUT2D eigenvalue weighted by molar-refractivity contribution is 5.49.